The highest BCUT2D eigenvalue weighted by Crippen LogP contribution is 2.15. The maximum atomic E-state index is 12.9. The number of ether oxygens (including phenoxy) is 3. The highest BCUT2D eigenvalue weighted by Gasteiger charge is 2.19. The first-order chi connectivity index (χ1) is 36.5. The van der Waals surface area contributed by atoms with Crippen molar-refractivity contribution in [2.24, 2.45) is 0 Å². The molecule has 0 fully saturated rings. The van der Waals surface area contributed by atoms with Gasteiger partial charge >= 0.3 is 17.9 Å². The normalized spacial score (nSPS) is 12.9. The molecular weight excluding hydrogens is 913 g/mol. The molecule has 6 heteroatoms. The van der Waals surface area contributed by atoms with Gasteiger partial charge in [-0.15, -0.1) is 0 Å². The molecule has 0 aromatic heterocycles. The summed E-state index contributed by atoms with van der Waals surface area (Å²) in [6.07, 6.45) is 83.7. The van der Waals surface area contributed by atoms with Crippen LogP contribution in [0.5, 0.6) is 0 Å². The number of rotatable bonds is 55. The predicted molar refractivity (Wildman–Crippen MR) is 320 cm³/mol. The number of hydrogen-bond acceptors (Lipinski definition) is 6. The summed E-state index contributed by atoms with van der Waals surface area (Å²) in [6, 6.07) is 0. The van der Waals surface area contributed by atoms with Gasteiger partial charge in [-0.05, 0) is 122 Å². The molecule has 0 heterocycles. The minimum Gasteiger partial charge on any atom is -0.462 e. The molecule has 0 aromatic carbocycles. The van der Waals surface area contributed by atoms with E-state index < -0.39 is 6.10 Å². The maximum Gasteiger partial charge on any atom is 0.306 e. The van der Waals surface area contributed by atoms with Gasteiger partial charge in [-0.3, -0.25) is 14.4 Å². The summed E-state index contributed by atoms with van der Waals surface area (Å²) >= 11 is 0. The summed E-state index contributed by atoms with van der Waals surface area (Å²) < 4.78 is 16.9. The molecule has 0 bridgehead atoms. The van der Waals surface area contributed by atoms with E-state index in [1.54, 1.807) is 0 Å². The fraction of sp³-hybridized carbons (Fsp3) is 0.691. The molecule has 0 saturated carbocycles. The van der Waals surface area contributed by atoms with E-state index in [1.807, 2.05) is 0 Å². The van der Waals surface area contributed by atoms with Crippen LogP contribution in [-0.2, 0) is 28.6 Å². The SMILES string of the molecule is CC/C=C\C/C=C\C/C=C\C/C=C\C/C=C\C/C=C\CCCCCCCCCCC(=O)OCC(COC(=O)CCCCCCC/C=C\CCCC)OC(=O)CCCCCCCCC/C=C\C/C=C\CCCCCC. The van der Waals surface area contributed by atoms with Gasteiger partial charge in [-0.25, -0.2) is 0 Å². The molecule has 6 nitrogen and oxygen atoms in total. The number of allylic oxidation sites excluding steroid dienone is 18. The maximum absolute atomic E-state index is 12.9. The van der Waals surface area contributed by atoms with Crippen molar-refractivity contribution in [2.75, 3.05) is 13.2 Å². The molecule has 0 saturated heterocycles. The Morgan fingerprint density at radius 2 is 0.541 bits per heavy atom. The third-order valence-electron chi connectivity index (χ3n) is 13.0. The van der Waals surface area contributed by atoms with E-state index in [0.29, 0.717) is 19.3 Å². The van der Waals surface area contributed by atoms with Crippen LogP contribution in [0.4, 0.5) is 0 Å². The fourth-order valence-corrected chi connectivity index (χ4v) is 8.34. The topological polar surface area (TPSA) is 78.9 Å². The molecule has 0 rings (SSSR count). The van der Waals surface area contributed by atoms with E-state index in [2.05, 4.69) is 130 Å². The Kier molecular flexibility index (Phi) is 58.3. The summed E-state index contributed by atoms with van der Waals surface area (Å²) in [5, 5.41) is 0. The Morgan fingerprint density at radius 3 is 0.878 bits per heavy atom. The molecule has 0 aliphatic rings. The smallest absolute Gasteiger partial charge is 0.306 e. The molecule has 0 aliphatic carbocycles. The third-order valence-corrected chi connectivity index (χ3v) is 13.0. The molecule has 0 radical (unpaired) electrons. The third kappa shape index (κ3) is 59.0. The Bertz CT molecular complexity index is 1510. The van der Waals surface area contributed by atoms with Gasteiger partial charge in [0.15, 0.2) is 6.10 Å². The zero-order valence-electron chi connectivity index (χ0n) is 48.3. The van der Waals surface area contributed by atoms with E-state index >= 15 is 0 Å². The molecule has 0 N–H and O–H groups in total. The molecule has 1 unspecified atom stereocenters. The van der Waals surface area contributed by atoms with Crippen LogP contribution < -0.4 is 0 Å². The average molecular weight is 1030 g/mol. The summed E-state index contributed by atoms with van der Waals surface area (Å²) in [4.78, 5) is 38.2. The number of esters is 3. The van der Waals surface area contributed by atoms with Gasteiger partial charge in [0.1, 0.15) is 13.2 Å². The van der Waals surface area contributed by atoms with Crippen molar-refractivity contribution >= 4 is 17.9 Å². The molecule has 0 spiro atoms. The van der Waals surface area contributed by atoms with Crippen molar-refractivity contribution in [1.29, 1.82) is 0 Å². The molecule has 1 atom stereocenters. The van der Waals surface area contributed by atoms with Crippen molar-refractivity contribution in [1.82, 2.24) is 0 Å². The lowest BCUT2D eigenvalue weighted by atomic mass is 10.1. The van der Waals surface area contributed by atoms with E-state index in [-0.39, 0.29) is 31.1 Å². The summed E-state index contributed by atoms with van der Waals surface area (Å²) in [5.74, 6) is -0.910. The zero-order chi connectivity index (χ0) is 53.6. The Morgan fingerprint density at radius 1 is 0.284 bits per heavy atom. The first-order valence-corrected chi connectivity index (χ1v) is 30.9. The lowest BCUT2D eigenvalue weighted by Gasteiger charge is -2.18. The Labute approximate surface area is 457 Å². The van der Waals surface area contributed by atoms with Gasteiger partial charge in [0, 0.05) is 19.3 Å². The summed E-state index contributed by atoms with van der Waals surface area (Å²) in [5.41, 5.74) is 0. The molecule has 0 aromatic rings. The highest BCUT2D eigenvalue weighted by atomic mass is 16.6. The average Bonchev–Trinajstić information content (AvgIpc) is 3.40. The Hall–Kier alpha value is -3.93. The molecule has 74 heavy (non-hydrogen) atoms. The molecule has 0 aliphatic heterocycles. The number of carbonyl (C=O) groups is 3. The fourth-order valence-electron chi connectivity index (χ4n) is 8.34. The van der Waals surface area contributed by atoms with Gasteiger partial charge in [0.25, 0.3) is 0 Å². The number of unbranched alkanes of at least 4 members (excludes halogenated alkanes) is 26. The zero-order valence-corrected chi connectivity index (χ0v) is 48.3. The lowest BCUT2D eigenvalue weighted by molar-refractivity contribution is -0.167. The van der Waals surface area contributed by atoms with Crippen molar-refractivity contribution in [3.63, 3.8) is 0 Å². The largest absolute Gasteiger partial charge is 0.462 e. The first-order valence-electron chi connectivity index (χ1n) is 30.9. The van der Waals surface area contributed by atoms with Crippen molar-refractivity contribution in [3.8, 4) is 0 Å². The summed E-state index contributed by atoms with van der Waals surface area (Å²) in [7, 11) is 0. The van der Waals surface area contributed by atoms with Crippen LogP contribution in [-0.4, -0.2) is 37.2 Å². The van der Waals surface area contributed by atoms with Crippen LogP contribution in [0.25, 0.3) is 0 Å². The number of carbonyl (C=O) groups excluding carboxylic acids is 3. The van der Waals surface area contributed by atoms with Crippen LogP contribution in [0.3, 0.4) is 0 Å². The van der Waals surface area contributed by atoms with Gasteiger partial charge in [0.05, 0.1) is 0 Å². The second-order valence-electron chi connectivity index (χ2n) is 20.2. The lowest BCUT2D eigenvalue weighted by Crippen LogP contribution is -2.30. The van der Waals surface area contributed by atoms with Gasteiger partial charge in [-0.1, -0.05) is 252 Å². The number of hydrogen-bond donors (Lipinski definition) is 0. The Balaban J connectivity index is 4.32. The monoisotopic (exact) mass is 1030 g/mol. The second-order valence-corrected chi connectivity index (χ2v) is 20.2. The van der Waals surface area contributed by atoms with Crippen LogP contribution >= 0.6 is 0 Å². The van der Waals surface area contributed by atoms with E-state index in [0.717, 1.165) is 122 Å². The minimum absolute atomic E-state index is 0.0887. The molecule has 422 valence electrons. The van der Waals surface area contributed by atoms with E-state index in [1.165, 1.54) is 122 Å². The van der Waals surface area contributed by atoms with E-state index in [9.17, 15) is 14.4 Å². The summed E-state index contributed by atoms with van der Waals surface area (Å²) in [6.45, 7) is 6.46. The van der Waals surface area contributed by atoms with E-state index in [4.69, 9.17) is 14.2 Å². The predicted octanol–water partition coefficient (Wildman–Crippen LogP) is 21.0. The molecule has 0 amide bonds. The van der Waals surface area contributed by atoms with Gasteiger partial charge < -0.3 is 14.2 Å². The van der Waals surface area contributed by atoms with Crippen LogP contribution in [0.15, 0.2) is 109 Å². The van der Waals surface area contributed by atoms with Crippen molar-refractivity contribution in [2.45, 2.75) is 290 Å². The van der Waals surface area contributed by atoms with Crippen LogP contribution in [0.2, 0.25) is 0 Å². The van der Waals surface area contributed by atoms with Crippen LogP contribution in [0, 0.1) is 0 Å². The van der Waals surface area contributed by atoms with Gasteiger partial charge in [-0.2, -0.15) is 0 Å². The first kappa shape index (κ1) is 70.1. The second kappa shape index (κ2) is 61.6. The van der Waals surface area contributed by atoms with Gasteiger partial charge in [0.2, 0.25) is 0 Å². The van der Waals surface area contributed by atoms with Crippen molar-refractivity contribution < 1.29 is 28.6 Å². The van der Waals surface area contributed by atoms with Crippen molar-refractivity contribution in [3.05, 3.63) is 109 Å². The standard InChI is InChI=1S/C68H114O6/c1-4-7-10-13-16-19-22-24-26-28-30-31-32-33-34-35-36-37-38-40-41-43-46-49-52-55-58-61-67(70)73-64-65(63-72-66(69)60-57-54-51-48-45-21-18-15-12-9-6-3)74-68(71)62-59-56-53-50-47-44-42-39-29-27-25-23-20-17-14-11-8-5-2/h7,10,15-16,18-20,23-24,26-27,29-31,33-34,36-37,65H,4-6,8-9,11-14,17,21-22,25,28,32,35,38-64H2,1-3H3/b10-7-,18-15-,19-16-,23-20-,26-24-,29-27-,31-30-,34-33-,37-36-. The van der Waals surface area contributed by atoms with Crippen LogP contribution in [0.1, 0.15) is 284 Å². The molecular formula is C68H114O6. The highest BCUT2D eigenvalue weighted by molar-refractivity contribution is 5.71. The minimum atomic E-state index is -0.791. The quantitative estimate of drug-likeness (QED) is 0.0261.